The SMILES string of the molecule is Cc1cccc(C)c1NC(=O)CN(C)C(=O)CCCc1nc(-c2cccs2)no1. The maximum atomic E-state index is 12.3. The molecule has 2 amide bonds. The zero-order valence-corrected chi connectivity index (χ0v) is 17.6. The predicted molar refractivity (Wildman–Crippen MR) is 113 cm³/mol. The zero-order valence-electron chi connectivity index (χ0n) is 16.8. The minimum Gasteiger partial charge on any atom is -0.339 e. The number of hydrogen-bond donors (Lipinski definition) is 1. The molecule has 0 saturated carbocycles. The highest BCUT2D eigenvalue weighted by atomic mass is 32.1. The van der Waals surface area contributed by atoms with E-state index in [1.165, 1.54) is 4.90 Å². The molecule has 0 aliphatic heterocycles. The standard InChI is InChI=1S/C21H24N4O3S/c1-14-7-4-8-15(2)20(14)22-17(26)13-25(3)19(27)11-5-10-18-23-21(24-28-18)16-9-6-12-29-16/h4,6-9,12H,5,10-11,13H2,1-3H3,(H,22,26). The van der Waals surface area contributed by atoms with Crippen LogP contribution in [-0.4, -0.2) is 40.4 Å². The second kappa shape index (κ2) is 9.47. The summed E-state index contributed by atoms with van der Waals surface area (Å²) in [5.41, 5.74) is 2.79. The Morgan fingerprint density at radius 1 is 1.17 bits per heavy atom. The molecule has 0 atom stereocenters. The average Bonchev–Trinajstić information content (AvgIpc) is 3.36. The van der Waals surface area contributed by atoms with Crippen LogP contribution < -0.4 is 5.32 Å². The molecule has 0 aliphatic carbocycles. The topological polar surface area (TPSA) is 88.3 Å². The number of nitrogens with zero attached hydrogens (tertiary/aromatic N) is 3. The lowest BCUT2D eigenvalue weighted by Gasteiger charge is -2.18. The van der Waals surface area contributed by atoms with E-state index in [0.29, 0.717) is 31.0 Å². The number of aryl methyl sites for hydroxylation is 3. The lowest BCUT2D eigenvalue weighted by atomic mass is 10.1. The van der Waals surface area contributed by atoms with E-state index in [9.17, 15) is 9.59 Å². The van der Waals surface area contributed by atoms with Gasteiger partial charge in [0.25, 0.3) is 0 Å². The zero-order chi connectivity index (χ0) is 20.8. The molecule has 3 rings (SSSR count). The highest BCUT2D eigenvalue weighted by molar-refractivity contribution is 7.13. The van der Waals surface area contributed by atoms with Crippen LogP contribution in [0.1, 0.15) is 29.9 Å². The van der Waals surface area contributed by atoms with Crippen molar-refractivity contribution >= 4 is 28.8 Å². The Morgan fingerprint density at radius 2 is 1.93 bits per heavy atom. The molecule has 0 radical (unpaired) electrons. The third-order valence-electron chi connectivity index (χ3n) is 4.54. The van der Waals surface area contributed by atoms with Gasteiger partial charge < -0.3 is 14.7 Å². The van der Waals surface area contributed by atoms with Gasteiger partial charge in [0.15, 0.2) is 0 Å². The van der Waals surface area contributed by atoms with Crippen LogP contribution in [0.4, 0.5) is 5.69 Å². The van der Waals surface area contributed by atoms with Gasteiger partial charge in [0.1, 0.15) is 0 Å². The molecule has 1 aromatic carbocycles. The number of anilines is 1. The number of amides is 2. The maximum Gasteiger partial charge on any atom is 0.243 e. The van der Waals surface area contributed by atoms with E-state index >= 15 is 0 Å². The van der Waals surface area contributed by atoms with Crippen molar-refractivity contribution in [2.45, 2.75) is 33.1 Å². The van der Waals surface area contributed by atoms with Gasteiger partial charge in [-0.25, -0.2) is 0 Å². The summed E-state index contributed by atoms with van der Waals surface area (Å²) in [4.78, 5) is 31.4. The van der Waals surface area contributed by atoms with Gasteiger partial charge >= 0.3 is 0 Å². The predicted octanol–water partition coefficient (Wildman–Crippen LogP) is 3.83. The molecule has 2 aromatic heterocycles. The summed E-state index contributed by atoms with van der Waals surface area (Å²) in [5.74, 6) is 0.772. The van der Waals surface area contributed by atoms with E-state index in [2.05, 4.69) is 15.5 Å². The maximum absolute atomic E-state index is 12.3. The monoisotopic (exact) mass is 412 g/mol. The molecular weight excluding hydrogens is 388 g/mol. The molecular formula is C21H24N4O3S. The van der Waals surface area contributed by atoms with Gasteiger partial charge in [0.05, 0.1) is 11.4 Å². The van der Waals surface area contributed by atoms with Crippen molar-refractivity contribution < 1.29 is 14.1 Å². The molecule has 0 spiro atoms. The number of hydrogen-bond acceptors (Lipinski definition) is 6. The number of benzene rings is 1. The van der Waals surface area contributed by atoms with Gasteiger partial charge in [0, 0.05) is 25.6 Å². The minimum atomic E-state index is -0.212. The van der Waals surface area contributed by atoms with E-state index in [1.807, 2.05) is 49.6 Å². The molecule has 152 valence electrons. The summed E-state index contributed by atoms with van der Waals surface area (Å²) in [6.45, 7) is 3.90. The lowest BCUT2D eigenvalue weighted by Crippen LogP contribution is -2.35. The van der Waals surface area contributed by atoms with Crippen molar-refractivity contribution in [3.63, 3.8) is 0 Å². The van der Waals surface area contributed by atoms with Crippen LogP contribution in [0.2, 0.25) is 0 Å². The fourth-order valence-electron chi connectivity index (χ4n) is 2.94. The van der Waals surface area contributed by atoms with Gasteiger partial charge in [-0.15, -0.1) is 11.3 Å². The van der Waals surface area contributed by atoms with Crippen molar-refractivity contribution in [1.82, 2.24) is 15.0 Å². The summed E-state index contributed by atoms with van der Waals surface area (Å²) >= 11 is 1.55. The van der Waals surface area contributed by atoms with Crippen molar-refractivity contribution in [2.24, 2.45) is 0 Å². The molecule has 3 aromatic rings. The molecule has 0 saturated heterocycles. The molecule has 1 N–H and O–H groups in total. The smallest absolute Gasteiger partial charge is 0.243 e. The number of carbonyl (C=O) groups is 2. The van der Waals surface area contributed by atoms with Crippen LogP contribution in [0.25, 0.3) is 10.7 Å². The summed E-state index contributed by atoms with van der Waals surface area (Å²) in [6, 6.07) is 9.70. The Morgan fingerprint density at radius 3 is 2.62 bits per heavy atom. The number of para-hydroxylation sites is 1. The van der Waals surface area contributed by atoms with Crippen LogP contribution >= 0.6 is 11.3 Å². The highest BCUT2D eigenvalue weighted by Crippen LogP contribution is 2.22. The Balaban J connectivity index is 1.44. The average molecular weight is 413 g/mol. The molecule has 7 nitrogen and oxygen atoms in total. The third kappa shape index (κ3) is 5.51. The molecule has 0 unspecified atom stereocenters. The second-order valence-corrected chi connectivity index (χ2v) is 7.86. The van der Waals surface area contributed by atoms with Gasteiger partial charge in [0.2, 0.25) is 23.5 Å². The van der Waals surface area contributed by atoms with Gasteiger partial charge in [-0.1, -0.05) is 29.4 Å². The molecule has 0 aliphatic rings. The molecule has 0 fully saturated rings. The number of nitrogens with one attached hydrogen (secondary N) is 1. The highest BCUT2D eigenvalue weighted by Gasteiger charge is 2.15. The van der Waals surface area contributed by atoms with Gasteiger partial charge in [-0.2, -0.15) is 4.98 Å². The number of aromatic nitrogens is 2. The second-order valence-electron chi connectivity index (χ2n) is 6.91. The quantitative estimate of drug-likeness (QED) is 0.607. The number of likely N-dealkylation sites (N-methyl/N-ethyl adjacent to an activating group) is 1. The van der Waals surface area contributed by atoms with E-state index in [-0.39, 0.29) is 18.4 Å². The fourth-order valence-corrected chi connectivity index (χ4v) is 3.59. The van der Waals surface area contributed by atoms with Crippen LogP contribution in [0, 0.1) is 13.8 Å². The first-order valence-corrected chi connectivity index (χ1v) is 10.3. The van der Waals surface area contributed by atoms with Crippen LogP contribution in [0.5, 0.6) is 0 Å². The van der Waals surface area contributed by atoms with Crippen molar-refractivity contribution in [3.8, 4) is 10.7 Å². The first kappa shape index (κ1) is 20.7. The normalized spacial score (nSPS) is 10.7. The van der Waals surface area contributed by atoms with E-state index in [0.717, 1.165) is 21.7 Å². The lowest BCUT2D eigenvalue weighted by molar-refractivity contribution is -0.133. The fraction of sp³-hybridized carbons (Fsp3) is 0.333. The van der Waals surface area contributed by atoms with Crippen LogP contribution in [0.15, 0.2) is 40.2 Å². The van der Waals surface area contributed by atoms with Crippen LogP contribution in [0.3, 0.4) is 0 Å². The number of carbonyl (C=O) groups excluding carboxylic acids is 2. The molecule has 0 bridgehead atoms. The van der Waals surface area contributed by atoms with E-state index in [1.54, 1.807) is 18.4 Å². The van der Waals surface area contributed by atoms with Gasteiger partial charge in [-0.3, -0.25) is 9.59 Å². The summed E-state index contributed by atoms with van der Waals surface area (Å²) in [6.07, 6.45) is 1.41. The van der Waals surface area contributed by atoms with Crippen molar-refractivity contribution in [2.75, 3.05) is 18.9 Å². The van der Waals surface area contributed by atoms with Crippen molar-refractivity contribution in [1.29, 1.82) is 0 Å². The number of rotatable bonds is 8. The van der Waals surface area contributed by atoms with E-state index < -0.39 is 0 Å². The first-order chi connectivity index (χ1) is 13.9. The summed E-state index contributed by atoms with van der Waals surface area (Å²) < 4.78 is 5.24. The third-order valence-corrected chi connectivity index (χ3v) is 5.41. The Bertz CT molecular complexity index is 961. The largest absolute Gasteiger partial charge is 0.339 e. The number of thiophene rings is 1. The van der Waals surface area contributed by atoms with Crippen LogP contribution in [-0.2, 0) is 16.0 Å². The Hall–Kier alpha value is -3.00. The van der Waals surface area contributed by atoms with E-state index in [4.69, 9.17) is 4.52 Å². The molecule has 29 heavy (non-hydrogen) atoms. The summed E-state index contributed by atoms with van der Waals surface area (Å²) in [7, 11) is 1.63. The van der Waals surface area contributed by atoms with Gasteiger partial charge in [-0.05, 0) is 42.8 Å². The first-order valence-electron chi connectivity index (χ1n) is 9.40. The Labute approximate surface area is 173 Å². The van der Waals surface area contributed by atoms with Crippen molar-refractivity contribution in [3.05, 3.63) is 52.7 Å². The summed E-state index contributed by atoms with van der Waals surface area (Å²) in [5, 5.41) is 8.81. The molecule has 2 heterocycles. The Kier molecular flexibility index (Phi) is 6.77. The molecule has 8 heteroatoms. The minimum absolute atomic E-state index is 0.00961.